The molecule has 3 heteroatoms. The van der Waals surface area contributed by atoms with Gasteiger partial charge in [-0.15, -0.1) is 0 Å². The average Bonchev–Trinajstić information content (AvgIpc) is 2.42. The Morgan fingerprint density at radius 2 is 1.79 bits per heavy atom. The highest BCUT2D eigenvalue weighted by atomic mass is 16.5. The minimum atomic E-state index is 0.437. The van der Waals surface area contributed by atoms with Crippen LogP contribution in [-0.2, 0) is 0 Å². The summed E-state index contributed by atoms with van der Waals surface area (Å²) in [5.74, 6) is 1.74. The van der Waals surface area contributed by atoms with E-state index in [0.717, 1.165) is 24.8 Å². The van der Waals surface area contributed by atoms with Gasteiger partial charge < -0.3 is 15.4 Å². The molecule has 1 aromatic rings. The van der Waals surface area contributed by atoms with Crippen molar-refractivity contribution < 1.29 is 4.74 Å². The molecule has 0 atom stereocenters. The monoisotopic (exact) mass is 262 g/mol. The molecule has 0 spiro atoms. The lowest BCUT2D eigenvalue weighted by Crippen LogP contribution is -2.32. The summed E-state index contributed by atoms with van der Waals surface area (Å²) in [4.78, 5) is 2.34. The standard InChI is InChI=1S/C16H26N2O/c1-3-19-16-10-8-15(9-11-16)18(2)12-13-4-6-14(17)7-5-13/h8-11,13-14H,3-7,12,17H2,1-2H3. The third-order valence-electron chi connectivity index (χ3n) is 4.01. The lowest BCUT2D eigenvalue weighted by Gasteiger charge is -2.30. The lowest BCUT2D eigenvalue weighted by atomic mass is 9.86. The van der Waals surface area contributed by atoms with Gasteiger partial charge in [0.2, 0.25) is 0 Å². The van der Waals surface area contributed by atoms with E-state index in [0.29, 0.717) is 6.04 Å². The van der Waals surface area contributed by atoms with Crippen molar-refractivity contribution in [2.75, 3.05) is 25.1 Å². The normalized spacial score (nSPS) is 23.1. The molecule has 106 valence electrons. The van der Waals surface area contributed by atoms with Crippen molar-refractivity contribution in [3.63, 3.8) is 0 Å². The van der Waals surface area contributed by atoms with Crippen LogP contribution in [0.25, 0.3) is 0 Å². The van der Waals surface area contributed by atoms with Gasteiger partial charge in [-0.3, -0.25) is 0 Å². The first-order valence-corrected chi connectivity index (χ1v) is 7.38. The summed E-state index contributed by atoms with van der Waals surface area (Å²) in [7, 11) is 2.17. The maximum absolute atomic E-state index is 5.96. The first kappa shape index (κ1) is 14.2. The summed E-state index contributed by atoms with van der Waals surface area (Å²) in [5, 5.41) is 0. The Bertz CT molecular complexity index is 369. The maximum Gasteiger partial charge on any atom is 0.119 e. The number of anilines is 1. The van der Waals surface area contributed by atoms with E-state index < -0.39 is 0 Å². The number of benzene rings is 1. The first-order valence-electron chi connectivity index (χ1n) is 7.38. The number of hydrogen-bond donors (Lipinski definition) is 1. The van der Waals surface area contributed by atoms with Crippen LogP contribution in [0.1, 0.15) is 32.6 Å². The topological polar surface area (TPSA) is 38.5 Å². The molecule has 1 aromatic carbocycles. The van der Waals surface area contributed by atoms with Gasteiger partial charge in [-0.1, -0.05) is 0 Å². The van der Waals surface area contributed by atoms with Gasteiger partial charge in [-0.25, -0.2) is 0 Å². The quantitative estimate of drug-likeness (QED) is 0.886. The fourth-order valence-corrected chi connectivity index (χ4v) is 2.83. The summed E-state index contributed by atoms with van der Waals surface area (Å²) in [5.41, 5.74) is 7.22. The van der Waals surface area contributed by atoms with Crippen LogP contribution in [0.3, 0.4) is 0 Å². The van der Waals surface area contributed by atoms with Crippen LogP contribution in [-0.4, -0.2) is 26.2 Å². The molecule has 0 radical (unpaired) electrons. The lowest BCUT2D eigenvalue weighted by molar-refractivity contribution is 0.329. The highest BCUT2D eigenvalue weighted by Crippen LogP contribution is 2.26. The molecule has 0 saturated heterocycles. The Balaban J connectivity index is 1.86. The second-order valence-corrected chi connectivity index (χ2v) is 5.59. The highest BCUT2D eigenvalue weighted by Gasteiger charge is 2.19. The van der Waals surface area contributed by atoms with Crippen molar-refractivity contribution in [2.24, 2.45) is 11.7 Å². The summed E-state index contributed by atoms with van der Waals surface area (Å²) in [6, 6.07) is 8.81. The predicted molar refractivity (Wildman–Crippen MR) is 80.8 cm³/mol. The molecule has 19 heavy (non-hydrogen) atoms. The van der Waals surface area contributed by atoms with Gasteiger partial charge in [-0.2, -0.15) is 0 Å². The van der Waals surface area contributed by atoms with Gasteiger partial charge in [0, 0.05) is 25.3 Å². The molecular weight excluding hydrogens is 236 g/mol. The molecule has 3 nitrogen and oxygen atoms in total. The zero-order valence-corrected chi connectivity index (χ0v) is 12.1. The maximum atomic E-state index is 5.96. The van der Waals surface area contributed by atoms with Crippen molar-refractivity contribution in [3.8, 4) is 5.75 Å². The molecule has 0 amide bonds. The van der Waals surface area contributed by atoms with Crippen molar-refractivity contribution >= 4 is 5.69 Å². The highest BCUT2D eigenvalue weighted by molar-refractivity contribution is 5.48. The van der Waals surface area contributed by atoms with Crippen molar-refractivity contribution in [3.05, 3.63) is 24.3 Å². The number of hydrogen-bond acceptors (Lipinski definition) is 3. The van der Waals surface area contributed by atoms with Crippen LogP contribution in [0.4, 0.5) is 5.69 Å². The molecule has 0 aliphatic heterocycles. The Labute approximate surface area is 116 Å². The second kappa shape index (κ2) is 6.80. The van der Waals surface area contributed by atoms with Gasteiger partial charge in [0.15, 0.2) is 0 Å². The van der Waals surface area contributed by atoms with E-state index in [2.05, 4.69) is 24.1 Å². The molecule has 0 heterocycles. The summed E-state index contributed by atoms with van der Waals surface area (Å²) < 4.78 is 5.47. The third-order valence-corrected chi connectivity index (χ3v) is 4.01. The van der Waals surface area contributed by atoms with Gasteiger partial charge in [0.25, 0.3) is 0 Å². The Kier molecular flexibility index (Phi) is 5.08. The fourth-order valence-electron chi connectivity index (χ4n) is 2.83. The van der Waals surface area contributed by atoms with Crippen LogP contribution >= 0.6 is 0 Å². The van der Waals surface area contributed by atoms with Crippen molar-refractivity contribution in [1.29, 1.82) is 0 Å². The number of ether oxygens (including phenoxy) is 1. The van der Waals surface area contributed by atoms with Crippen LogP contribution < -0.4 is 15.4 Å². The van der Waals surface area contributed by atoms with Gasteiger partial charge in [-0.05, 0) is 62.8 Å². The molecule has 1 fully saturated rings. The molecule has 0 bridgehead atoms. The second-order valence-electron chi connectivity index (χ2n) is 5.59. The summed E-state index contributed by atoms with van der Waals surface area (Å²) in [6.45, 7) is 3.85. The molecular formula is C16H26N2O. The van der Waals surface area contributed by atoms with E-state index in [9.17, 15) is 0 Å². The Hall–Kier alpha value is -1.22. The third kappa shape index (κ3) is 4.13. The van der Waals surface area contributed by atoms with Gasteiger partial charge in [0.05, 0.1) is 6.61 Å². The van der Waals surface area contributed by atoms with Crippen LogP contribution in [0.15, 0.2) is 24.3 Å². The zero-order valence-electron chi connectivity index (χ0n) is 12.1. The smallest absolute Gasteiger partial charge is 0.119 e. The Morgan fingerprint density at radius 3 is 2.37 bits per heavy atom. The molecule has 0 unspecified atom stereocenters. The largest absolute Gasteiger partial charge is 0.494 e. The fraction of sp³-hybridized carbons (Fsp3) is 0.625. The minimum absolute atomic E-state index is 0.437. The van der Waals surface area contributed by atoms with E-state index in [-0.39, 0.29) is 0 Å². The van der Waals surface area contributed by atoms with Crippen molar-refractivity contribution in [2.45, 2.75) is 38.6 Å². The van der Waals surface area contributed by atoms with E-state index in [1.54, 1.807) is 0 Å². The van der Waals surface area contributed by atoms with E-state index in [1.807, 2.05) is 19.1 Å². The van der Waals surface area contributed by atoms with E-state index in [1.165, 1.54) is 31.4 Å². The molecule has 0 aromatic heterocycles. The summed E-state index contributed by atoms with van der Waals surface area (Å²) >= 11 is 0. The molecule has 1 aliphatic rings. The molecule has 2 N–H and O–H groups in total. The number of nitrogens with zero attached hydrogens (tertiary/aromatic N) is 1. The number of rotatable bonds is 5. The van der Waals surface area contributed by atoms with Crippen LogP contribution in [0.2, 0.25) is 0 Å². The first-order chi connectivity index (χ1) is 9.19. The average molecular weight is 262 g/mol. The van der Waals surface area contributed by atoms with E-state index >= 15 is 0 Å². The summed E-state index contributed by atoms with van der Waals surface area (Å²) in [6.07, 6.45) is 4.90. The zero-order chi connectivity index (χ0) is 13.7. The Morgan fingerprint density at radius 1 is 1.16 bits per heavy atom. The number of nitrogens with two attached hydrogens (primary N) is 1. The van der Waals surface area contributed by atoms with Crippen molar-refractivity contribution in [1.82, 2.24) is 0 Å². The minimum Gasteiger partial charge on any atom is -0.494 e. The van der Waals surface area contributed by atoms with Gasteiger partial charge >= 0.3 is 0 Å². The molecule has 2 rings (SSSR count). The van der Waals surface area contributed by atoms with E-state index in [4.69, 9.17) is 10.5 Å². The molecule has 1 saturated carbocycles. The van der Waals surface area contributed by atoms with Crippen LogP contribution in [0, 0.1) is 5.92 Å². The van der Waals surface area contributed by atoms with Gasteiger partial charge in [0.1, 0.15) is 5.75 Å². The SMILES string of the molecule is CCOc1ccc(N(C)CC2CCC(N)CC2)cc1. The van der Waals surface area contributed by atoms with Crippen LogP contribution in [0.5, 0.6) is 5.75 Å². The predicted octanol–water partition coefficient (Wildman–Crippen LogP) is 3.04. The molecule has 1 aliphatic carbocycles.